The molecule has 6 nitrogen and oxygen atoms in total. The zero-order valence-corrected chi connectivity index (χ0v) is 41.0. The van der Waals surface area contributed by atoms with Crippen molar-refractivity contribution in [2.24, 2.45) is 0 Å². The van der Waals surface area contributed by atoms with Crippen molar-refractivity contribution in [1.29, 1.82) is 0 Å². The Morgan fingerprint density at radius 1 is 0.364 bits per heavy atom. The minimum absolute atomic E-state index is 0. The van der Waals surface area contributed by atoms with Crippen LogP contribution in [0.5, 0.6) is 0 Å². The molecule has 0 heterocycles. The zero-order valence-electron chi connectivity index (χ0n) is 36.6. The van der Waals surface area contributed by atoms with Gasteiger partial charge in [-0.15, -0.1) is 0 Å². The fourth-order valence-electron chi connectivity index (χ4n) is 6.82. The summed E-state index contributed by atoms with van der Waals surface area (Å²) in [7, 11) is 0. The molecule has 0 aromatic carbocycles. The summed E-state index contributed by atoms with van der Waals surface area (Å²) in [5, 5.41) is 38.9. The number of aliphatic carboxylic acids is 2. The first kappa shape index (κ1) is 59.2. The van der Waals surface area contributed by atoms with Gasteiger partial charge in [0.15, 0.2) is 0 Å². The van der Waals surface area contributed by atoms with E-state index in [0.29, 0.717) is 12.8 Å². The van der Waals surface area contributed by atoms with Crippen LogP contribution in [0.3, 0.4) is 0 Å². The second-order valence-corrected chi connectivity index (χ2v) is 16.0. The number of hydrogen-bond donors (Lipinski definition) is 2. The average molecular weight is 901 g/mol. The van der Waals surface area contributed by atoms with Crippen LogP contribution in [0.1, 0.15) is 258 Å². The molecule has 0 aliphatic heterocycles. The molecule has 2 N–H and O–H groups in total. The first-order chi connectivity index (χ1) is 26.4. The smallest absolute Gasteiger partial charge is 0.547 e. The molecule has 320 valence electrons. The minimum Gasteiger partial charge on any atom is -0.547 e. The van der Waals surface area contributed by atoms with E-state index in [9.17, 15) is 19.8 Å². The maximum Gasteiger partial charge on any atom is 2.00 e. The molecule has 2 atom stereocenters. The van der Waals surface area contributed by atoms with Crippen LogP contribution in [-0.2, 0) is 9.59 Å². The van der Waals surface area contributed by atoms with Gasteiger partial charge in [0.1, 0.15) is 0 Å². The number of rotatable bonds is 42. The molecule has 7 heteroatoms. The molecule has 0 aliphatic rings. The maximum atomic E-state index is 10.4. The molecule has 0 bridgehead atoms. The van der Waals surface area contributed by atoms with Crippen LogP contribution in [0.25, 0.3) is 0 Å². The van der Waals surface area contributed by atoms with Crippen molar-refractivity contribution in [2.75, 3.05) is 0 Å². The van der Waals surface area contributed by atoms with Crippen molar-refractivity contribution in [1.82, 2.24) is 0 Å². The topological polar surface area (TPSA) is 121 Å². The maximum absolute atomic E-state index is 10.4. The number of unbranched alkanes of at least 4 members (excludes halogenated alkanes) is 32. The van der Waals surface area contributed by atoms with Gasteiger partial charge in [0.05, 0.1) is 24.1 Å². The van der Waals surface area contributed by atoms with E-state index >= 15 is 0 Å². The van der Waals surface area contributed by atoms with Crippen molar-refractivity contribution >= 4 is 60.8 Å². The van der Waals surface area contributed by atoms with Gasteiger partial charge >= 0.3 is 48.9 Å². The largest absolute Gasteiger partial charge is 2.00 e. The molecule has 0 rings (SSSR count). The molecule has 55 heavy (non-hydrogen) atoms. The number of hydrogen-bond acceptors (Lipinski definition) is 6. The van der Waals surface area contributed by atoms with Crippen LogP contribution in [0, 0.1) is 0 Å². The number of aliphatic hydroxyl groups is 2. The molecular formula is C48H90BaO6. The summed E-state index contributed by atoms with van der Waals surface area (Å²) in [6.45, 7) is 4.55. The third-order valence-electron chi connectivity index (χ3n) is 10.5. The second-order valence-electron chi connectivity index (χ2n) is 16.0. The Morgan fingerprint density at radius 3 is 0.745 bits per heavy atom. The average Bonchev–Trinajstić information content (AvgIpc) is 3.16. The van der Waals surface area contributed by atoms with Crippen LogP contribution in [0.4, 0.5) is 0 Å². The Kier molecular flexibility index (Phi) is 55.9. The van der Waals surface area contributed by atoms with Gasteiger partial charge in [-0.1, -0.05) is 218 Å². The molecule has 0 spiro atoms. The summed E-state index contributed by atoms with van der Waals surface area (Å²) in [5.74, 6) is -2.70. The van der Waals surface area contributed by atoms with Crippen LogP contribution in [0.15, 0.2) is 24.3 Å². The van der Waals surface area contributed by atoms with Crippen molar-refractivity contribution in [3.8, 4) is 0 Å². The molecule has 0 aromatic heterocycles. The standard InChI is InChI=1S/2C24H46O3.Ba/c2*1-2-3-4-5-6-7-8-9-10-11-12-13-14-15-16-17-18-19-20-21-22-23(25)24(26)27;/h2*15-16,23,25H,2-14,17-22H2,1H3,(H,26,27);/q;;+2/p-2. The zero-order chi connectivity index (χ0) is 40.0. The van der Waals surface area contributed by atoms with E-state index in [0.717, 1.165) is 64.2 Å². The molecule has 2 unspecified atom stereocenters. The summed E-state index contributed by atoms with van der Waals surface area (Å²) < 4.78 is 0. The van der Waals surface area contributed by atoms with E-state index in [-0.39, 0.29) is 48.9 Å². The normalized spacial score (nSPS) is 12.4. The number of allylic oxidation sites excluding steroid dienone is 4. The van der Waals surface area contributed by atoms with Crippen LogP contribution in [0.2, 0.25) is 0 Å². The predicted octanol–water partition coefficient (Wildman–Crippen LogP) is 11.8. The third-order valence-corrected chi connectivity index (χ3v) is 10.5. The van der Waals surface area contributed by atoms with Crippen molar-refractivity contribution < 1.29 is 30.0 Å². The number of carbonyl (C=O) groups is 2. The first-order valence-corrected chi connectivity index (χ1v) is 23.4. The summed E-state index contributed by atoms with van der Waals surface area (Å²) in [6, 6.07) is 0. The van der Waals surface area contributed by atoms with Crippen LogP contribution in [-0.4, -0.2) is 83.2 Å². The Labute approximate surface area is 382 Å². The molecule has 0 aromatic rings. The van der Waals surface area contributed by atoms with E-state index in [4.69, 9.17) is 10.2 Å². The van der Waals surface area contributed by atoms with Gasteiger partial charge in [0.25, 0.3) is 0 Å². The fraction of sp³-hybridized carbons (Fsp3) is 0.875. The van der Waals surface area contributed by atoms with Gasteiger partial charge < -0.3 is 30.0 Å². The van der Waals surface area contributed by atoms with Crippen molar-refractivity contribution in [3.63, 3.8) is 0 Å². The van der Waals surface area contributed by atoms with Gasteiger partial charge in [-0.3, -0.25) is 0 Å². The second kappa shape index (κ2) is 51.9. The van der Waals surface area contributed by atoms with E-state index in [1.807, 2.05) is 0 Å². The Morgan fingerprint density at radius 2 is 0.545 bits per heavy atom. The number of carboxylic acid groups (broad SMARTS) is 2. The first-order valence-electron chi connectivity index (χ1n) is 23.4. The molecule has 0 aliphatic carbocycles. The third kappa shape index (κ3) is 53.9. The van der Waals surface area contributed by atoms with Crippen LogP contribution >= 0.6 is 0 Å². The molecule has 0 fully saturated rings. The van der Waals surface area contributed by atoms with Gasteiger partial charge in [-0.2, -0.15) is 0 Å². The van der Waals surface area contributed by atoms with E-state index in [1.165, 1.54) is 167 Å². The monoisotopic (exact) mass is 901 g/mol. The fourth-order valence-corrected chi connectivity index (χ4v) is 6.82. The summed E-state index contributed by atoms with van der Waals surface area (Å²) in [4.78, 5) is 20.7. The molecule has 0 radical (unpaired) electrons. The molecular weight excluding hydrogens is 810 g/mol. The molecule has 0 amide bonds. The predicted molar refractivity (Wildman–Crippen MR) is 233 cm³/mol. The van der Waals surface area contributed by atoms with E-state index < -0.39 is 24.1 Å². The van der Waals surface area contributed by atoms with Crippen LogP contribution < -0.4 is 10.2 Å². The Balaban J connectivity index is -0.000000966. The molecule has 0 saturated heterocycles. The number of carbonyl (C=O) groups excluding carboxylic acids is 2. The molecule has 0 saturated carbocycles. The summed E-state index contributed by atoms with van der Waals surface area (Å²) >= 11 is 0. The number of carboxylic acids is 2. The number of aliphatic hydroxyl groups excluding tert-OH is 2. The van der Waals surface area contributed by atoms with Gasteiger partial charge in [-0.25, -0.2) is 0 Å². The van der Waals surface area contributed by atoms with Gasteiger partial charge in [0, 0.05) is 0 Å². The Hall–Kier alpha value is -0.0886. The van der Waals surface area contributed by atoms with Gasteiger partial charge in [-0.05, 0) is 64.2 Å². The summed E-state index contributed by atoms with van der Waals surface area (Å²) in [5.41, 5.74) is 0. The Bertz CT molecular complexity index is 750. The quantitative estimate of drug-likeness (QED) is 0.0358. The SMILES string of the molecule is CCCCCCCCCCCCCCC=CCCCCCCC(O)C(=O)[O-].CCCCCCCCCCCCCCC=CCCCCCCC(O)C(=O)[O-].[Ba+2]. The van der Waals surface area contributed by atoms with Crippen molar-refractivity contribution in [3.05, 3.63) is 24.3 Å². The van der Waals surface area contributed by atoms with E-state index in [2.05, 4.69) is 38.2 Å². The van der Waals surface area contributed by atoms with E-state index in [1.54, 1.807) is 0 Å². The van der Waals surface area contributed by atoms with Gasteiger partial charge in [0.2, 0.25) is 0 Å². The van der Waals surface area contributed by atoms with Crippen molar-refractivity contribution in [2.45, 2.75) is 270 Å². The minimum atomic E-state index is -1.35. The summed E-state index contributed by atoms with van der Waals surface area (Å²) in [6.07, 6.45) is 53.5.